The average Bonchev–Trinajstić information content (AvgIpc) is 1.96. The van der Waals surface area contributed by atoms with Crippen LogP contribution in [0.15, 0.2) is 21.7 Å². The van der Waals surface area contributed by atoms with Crippen LogP contribution in [0.5, 0.6) is 0 Å². The number of hydrogen-bond donors (Lipinski definition) is 0. The van der Waals surface area contributed by atoms with E-state index in [2.05, 4.69) is 26.0 Å². The van der Waals surface area contributed by atoms with E-state index in [4.69, 9.17) is 17.1 Å². The Hall–Kier alpha value is -0.700. The van der Waals surface area contributed by atoms with Gasteiger partial charge in [0, 0.05) is 9.38 Å². The number of benzene rings is 1. The number of halogens is 2. The topological polar surface area (TPSA) is 48.8 Å². The lowest BCUT2D eigenvalue weighted by molar-refractivity contribution is 1.36. The van der Waals surface area contributed by atoms with Gasteiger partial charge < -0.3 is 0 Å². The Morgan fingerprint density at radius 3 is 2.75 bits per heavy atom. The van der Waals surface area contributed by atoms with E-state index in [0.717, 1.165) is 10.0 Å². The minimum absolute atomic E-state index is 0.458. The maximum Gasteiger partial charge on any atom is 0.0591 e. The van der Waals surface area contributed by atoms with E-state index >= 15 is 0 Å². The average molecular weight is 246 g/mol. The monoisotopic (exact) mass is 245 g/mol. The first kappa shape index (κ1) is 9.39. The fourth-order valence-electron chi connectivity index (χ4n) is 0.866. The van der Waals surface area contributed by atoms with Crippen molar-refractivity contribution in [1.82, 2.24) is 0 Å². The maximum atomic E-state index is 8.23. The second-order valence-corrected chi connectivity index (χ2v) is 3.57. The van der Waals surface area contributed by atoms with Crippen LogP contribution in [-0.2, 0) is 0 Å². The Kier molecular flexibility index (Phi) is 2.98. The Morgan fingerprint density at radius 2 is 2.25 bits per heavy atom. The Bertz CT molecular complexity index is 335. The van der Waals surface area contributed by atoms with Crippen LogP contribution in [0, 0.1) is 6.92 Å². The third-order valence-electron chi connectivity index (χ3n) is 1.36. The molecule has 12 heavy (non-hydrogen) atoms. The molecule has 1 rings (SSSR count). The lowest BCUT2D eigenvalue weighted by Crippen LogP contribution is -1.75. The molecule has 0 amide bonds. The molecule has 0 atom stereocenters. The van der Waals surface area contributed by atoms with Gasteiger partial charge in [-0.3, -0.25) is 0 Å². The number of azide groups is 1. The molecule has 0 heterocycles. The molecule has 0 saturated heterocycles. The van der Waals surface area contributed by atoms with Crippen molar-refractivity contribution in [1.29, 1.82) is 0 Å². The minimum atomic E-state index is 0.458. The lowest BCUT2D eigenvalue weighted by Gasteiger charge is -2.01. The molecule has 0 spiro atoms. The second kappa shape index (κ2) is 3.81. The van der Waals surface area contributed by atoms with Crippen LogP contribution in [-0.4, -0.2) is 0 Å². The quantitative estimate of drug-likeness (QED) is 0.402. The van der Waals surface area contributed by atoms with Crippen molar-refractivity contribution in [3.05, 3.63) is 37.6 Å². The summed E-state index contributed by atoms with van der Waals surface area (Å²) in [6, 6.07) is 3.54. The fraction of sp³-hybridized carbons (Fsp3) is 0.143. The molecule has 0 aliphatic rings. The number of aryl methyl sites for hydroxylation is 1. The third-order valence-corrected chi connectivity index (χ3v) is 2.11. The van der Waals surface area contributed by atoms with Crippen molar-refractivity contribution < 1.29 is 0 Å². The van der Waals surface area contributed by atoms with Crippen molar-refractivity contribution in [2.45, 2.75) is 6.92 Å². The molecule has 1 aromatic rings. The smallest absolute Gasteiger partial charge is 0.0591 e. The zero-order valence-corrected chi connectivity index (χ0v) is 8.59. The number of hydrogen-bond acceptors (Lipinski definition) is 1. The summed E-state index contributed by atoms with van der Waals surface area (Å²) in [4.78, 5) is 2.68. The molecule has 0 unspecified atom stereocenters. The first-order valence-electron chi connectivity index (χ1n) is 3.16. The molecule has 3 nitrogen and oxygen atoms in total. The Labute approximate surface area is 83.1 Å². The summed E-state index contributed by atoms with van der Waals surface area (Å²) in [6.07, 6.45) is 0. The van der Waals surface area contributed by atoms with Crippen LogP contribution in [0.2, 0.25) is 5.02 Å². The highest BCUT2D eigenvalue weighted by molar-refractivity contribution is 9.10. The summed E-state index contributed by atoms with van der Waals surface area (Å²) >= 11 is 9.10. The highest BCUT2D eigenvalue weighted by atomic mass is 79.9. The van der Waals surface area contributed by atoms with Crippen LogP contribution < -0.4 is 0 Å². The number of nitrogens with zero attached hydrogens (tertiary/aromatic N) is 3. The van der Waals surface area contributed by atoms with E-state index in [9.17, 15) is 0 Å². The first-order valence-corrected chi connectivity index (χ1v) is 4.33. The molecule has 0 aliphatic carbocycles. The SMILES string of the molecule is Cc1cc(Br)cc(Cl)c1N=[N+]=[N-]. The molecule has 0 radical (unpaired) electrons. The van der Waals surface area contributed by atoms with Crippen LogP contribution >= 0.6 is 27.5 Å². The van der Waals surface area contributed by atoms with Gasteiger partial charge in [-0.1, -0.05) is 32.6 Å². The van der Waals surface area contributed by atoms with Gasteiger partial charge in [-0.25, -0.2) is 0 Å². The normalized spacial score (nSPS) is 9.25. The summed E-state index contributed by atoms with van der Waals surface area (Å²) in [5.41, 5.74) is 9.57. The molecule has 0 bridgehead atoms. The van der Waals surface area contributed by atoms with E-state index in [-0.39, 0.29) is 0 Å². The maximum absolute atomic E-state index is 8.23. The largest absolute Gasteiger partial charge is 0.0838 e. The zero-order valence-electron chi connectivity index (χ0n) is 6.25. The van der Waals surface area contributed by atoms with Gasteiger partial charge in [0.15, 0.2) is 0 Å². The first-order chi connectivity index (χ1) is 5.65. The zero-order chi connectivity index (χ0) is 9.14. The van der Waals surface area contributed by atoms with Crippen molar-refractivity contribution in [3.63, 3.8) is 0 Å². The van der Waals surface area contributed by atoms with Crippen molar-refractivity contribution >= 4 is 33.2 Å². The highest BCUT2D eigenvalue weighted by Crippen LogP contribution is 2.32. The van der Waals surface area contributed by atoms with Gasteiger partial charge in [-0.2, -0.15) is 0 Å². The molecule has 5 heteroatoms. The van der Waals surface area contributed by atoms with Gasteiger partial charge in [0.25, 0.3) is 0 Å². The molecule has 0 aromatic heterocycles. The summed E-state index contributed by atoms with van der Waals surface area (Å²) in [7, 11) is 0. The highest BCUT2D eigenvalue weighted by Gasteiger charge is 2.02. The fourth-order valence-corrected chi connectivity index (χ4v) is 1.87. The van der Waals surface area contributed by atoms with E-state index in [1.165, 1.54) is 0 Å². The molecule has 0 N–H and O–H groups in total. The van der Waals surface area contributed by atoms with Crippen molar-refractivity contribution in [3.8, 4) is 0 Å². The van der Waals surface area contributed by atoms with Crippen molar-refractivity contribution in [2.75, 3.05) is 0 Å². The predicted molar refractivity (Wildman–Crippen MR) is 52.7 cm³/mol. The van der Waals surface area contributed by atoms with Crippen LogP contribution in [0.4, 0.5) is 5.69 Å². The number of rotatable bonds is 1. The summed E-state index contributed by atoms with van der Waals surface area (Å²) < 4.78 is 0.877. The van der Waals surface area contributed by atoms with Crippen LogP contribution in [0.1, 0.15) is 5.56 Å². The van der Waals surface area contributed by atoms with Gasteiger partial charge in [-0.05, 0) is 30.2 Å². The van der Waals surface area contributed by atoms with Gasteiger partial charge >= 0.3 is 0 Å². The summed E-state index contributed by atoms with van der Waals surface area (Å²) in [5.74, 6) is 0. The molecule has 0 fully saturated rings. The molecular formula is C7H5BrClN3. The van der Waals surface area contributed by atoms with E-state index < -0.39 is 0 Å². The predicted octanol–water partition coefficient (Wildman–Crippen LogP) is 4.35. The van der Waals surface area contributed by atoms with Crippen molar-refractivity contribution in [2.24, 2.45) is 5.11 Å². The van der Waals surface area contributed by atoms with Gasteiger partial charge in [-0.15, -0.1) is 0 Å². The molecule has 1 aromatic carbocycles. The van der Waals surface area contributed by atoms with E-state index in [1.807, 2.05) is 13.0 Å². The summed E-state index contributed by atoms with van der Waals surface area (Å²) in [5, 5.41) is 3.93. The van der Waals surface area contributed by atoms with Gasteiger partial charge in [0.1, 0.15) is 0 Å². The molecule has 0 aliphatic heterocycles. The van der Waals surface area contributed by atoms with E-state index in [0.29, 0.717) is 10.7 Å². The molecule has 0 saturated carbocycles. The Balaban J connectivity index is 3.37. The van der Waals surface area contributed by atoms with Crippen LogP contribution in [0.3, 0.4) is 0 Å². The third kappa shape index (κ3) is 1.91. The van der Waals surface area contributed by atoms with Gasteiger partial charge in [0.2, 0.25) is 0 Å². The molecular weight excluding hydrogens is 241 g/mol. The van der Waals surface area contributed by atoms with E-state index in [1.54, 1.807) is 6.07 Å². The summed E-state index contributed by atoms with van der Waals surface area (Å²) in [6.45, 7) is 1.83. The molecule has 62 valence electrons. The lowest BCUT2D eigenvalue weighted by atomic mass is 10.2. The van der Waals surface area contributed by atoms with Crippen LogP contribution in [0.25, 0.3) is 10.4 Å². The van der Waals surface area contributed by atoms with Gasteiger partial charge in [0.05, 0.1) is 10.7 Å². The minimum Gasteiger partial charge on any atom is -0.0838 e. The Morgan fingerprint density at radius 1 is 1.58 bits per heavy atom. The second-order valence-electron chi connectivity index (χ2n) is 2.24. The standard InChI is InChI=1S/C7H5BrClN3/c1-4-2-5(8)3-6(9)7(4)11-12-10/h2-3H,1H3.